The fourth-order valence-electron chi connectivity index (χ4n) is 3.82. The molecule has 1 saturated heterocycles. The largest absolute Gasteiger partial charge is 0.394 e. The molecular formula is C20H21N3O3. The van der Waals surface area contributed by atoms with Gasteiger partial charge in [-0.05, 0) is 42.2 Å². The van der Waals surface area contributed by atoms with Crippen molar-refractivity contribution in [2.24, 2.45) is 0 Å². The quantitative estimate of drug-likeness (QED) is 0.919. The van der Waals surface area contributed by atoms with Crippen LogP contribution in [0.4, 0.5) is 11.4 Å². The Morgan fingerprint density at radius 1 is 1.08 bits per heavy atom. The van der Waals surface area contributed by atoms with Crippen LogP contribution in [0.3, 0.4) is 0 Å². The number of hydrogen-bond donors (Lipinski definition) is 1. The molecule has 0 unspecified atom stereocenters. The fourth-order valence-corrected chi connectivity index (χ4v) is 3.82. The summed E-state index contributed by atoms with van der Waals surface area (Å²) in [6.07, 6.45) is 5.81. The Hall–Kier alpha value is -2.73. The van der Waals surface area contributed by atoms with E-state index < -0.39 is 0 Å². The number of aryl methyl sites for hydroxylation is 1. The van der Waals surface area contributed by atoms with E-state index in [4.69, 9.17) is 0 Å². The van der Waals surface area contributed by atoms with E-state index in [2.05, 4.69) is 11.1 Å². The number of rotatable bonds is 3. The fraction of sp³-hybridized carbons (Fsp3) is 0.350. The highest BCUT2D eigenvalue weighted by Crippen LogP contribution is 2.33. The van der Waals surface area contributed by atoms with Gasteiger partial charge in [0, 0.05) is 37.3 Å². The van der Waals surface area contributed by atoms with Crippen LogP contribution in [0, 0.1) is 0 Å². The maximum Gasteiger partial charge on any atom is 0.227 e. The first kappa shape index (κ1) is 16.7. The van der Waals surface area contributed by atoms with Crippen LogP contribution < -0.4 is 9.80 Å². The third kappa shape index (κ3) is 2.76. The van der Waals surface area contributed by atoms with Gasteiger partial charge in [-0.15, -0.1) is 0 Å². The number of aromatic nitrogens is 1. The van der Waals surface area contributed by atoms with Crippen LogP contribution in [-0.2, 0) is 16.0 Å². The van der Waals surface area contributed by atoms with Gasteiger partial charge in [0.15, 0.2) is 0 Å². The zero-order valence-electron chi connectivity index (χ0n) is 14.7. The Balaban J connectivity index is 1.69. The number of anilines is 2. The van der Waals surface area contributed by atoms with Gasteiger partial charge in [0.2, 0.25) is 11.8 Å². The molecule has 2 aromatic rings. The summed E-state index contributed by atoms with van der Waals surface area (Å²) in [6, 6.07) is 7.80. The summed E-state index contributed by atoms with van der Waals surface area (Å²) in [6.45, 7) is -0.0465. The monoisotopic (exact) mass is 351 g/mol. The first-order valence-electron chi connectivity index (χ1n) is 8.86. The number of benzene rings is 1. The number of aliphatic hydroxyl groups excluding tert-OH is 1. The van der Waals surface area contributed by atoms with E-state index in [1.165, 1.54) is 0 Å². The van der Waals surface area contributed by atoms with Crippen molar-refractivity contribution < 1.29 is 14.7 Å². The van der Waals surface area contributed by atoms with Crippen molar-refractivity contribution in [3.63, 3.8) is 0 Å². The molecule has 2 aliphatic heterocycles. The smallest absolute Gasteiger partial charge is 0.227 e. The number of pyridine rings is 1. The average molecular weight is 351 g/mol. The second-order valence-electron chi connectivity index (χ2n) is 6.87. The van der Waals surface area contributed by atoms with Crippen LogP contribution in [0.1, 0.15) is 24.8 Å². The maximum atomic E-state index is 12.2. The van der Waals surface area contributed by atoms with Crippen LogP contribution in [0.5, 0.6) is 0 Å². The third-order valence-electron chi connectivity index (χ3n) is 5.29. The summed E-state index contributed by atoms with van der Waals surface area (Å²) >= 11 is 0. The number of fused-ring (bicyclic) bond motifs is 1. The Morgan fingerprint density at radius 2 is 1.92 bits per heavy atom. The third-order valence-corrected chi connectivity index (χ3v) is 5.29. The minimum Gasteiger partial charge on any atom is -0.394 e. The van der Waals surface area contributed by atoms with Crippen LogP contribution >= 0.6 is 0 Å². The van der Waals surface area contributed by atoms with E-state index in [9.17, 15) is 14.7 Å². The lowest BCUT2D eigenvalue weighted by atomic mass is 9.96. The molecule has 4 rings (SSSR count). The molecule has 0 saturated carbocycles. The van der Waals surface area contributed by atoms with E-state index >= 15 is 0 Å². The molecular weight excluding hydrogens is 330 g/mol. The molecule has 26 heavy (non-hydrogen) atoms. The minimum atomic E-state index is -0.178. The molecule has 134 valence electrons. The average Bonchev–Trinajstić information content (AvgIpc) is 3.05. The Kier molecular flexibility index (Phi) is 4.20. The summed E-state index contributed by atoms with van der Waals surface area (Å²) < 4.78 is 0. The van der Waals surface area contributed by atoms with Gasteiger partial charge in [-0.3, -0.25) is 14.6 Å². The molecule has 0 spiro atoms. The van der Waals surface area contributed by atoms with E-state index in [0.717, 1.165) is 28.8 Å². The van der Waals surface area contributed by atoms with E-state index in [1.807, 2.05) is 18.2 Å². The normalized spacial score (nSPS) is 19.8. The van der Waals surface area contributed by atoms with Gasteiger partial charge in [0.05, 0.1) is 24.5 Å². The second kappa shape index (κ2) is 6.53. The SMILES string of the molecule is CN1C(=O)CCc2cc(-c3cncc(N4C(=O)CC[C@H]4CO)c3)ccc21. The predicted molar refractivity (Wildman–Crippen MR) is 99.0 cm³/mol. The molecule has 1 aromatic carbocycles. The van der Waals surface area contributed by atoms with Crippen molar-refractivity contribution in [2.45, 2.75) is 31.7 Å². The second-order valence-corrected chi connectivity index (χ2v) is 6.87. The number of carbonyl (C=O) groups is 2. The topological polar surface area (TPSA) is 73.7 Å². The van der Waals surface area contributed by atoms with Crippen LogP contribution in [0.15, 0.2) is 36.7 Å². The van der Waals surface area contributed by atoms with Crippen molar-refractivity contribution in [1.82, 2.24) is 4.98 Å². The molecule has 3 heterocycles. The highest BCUT2D eigenvalue weighted by molar-refractivity contribution is 5.97. The highest BCUT2D eigenvalue weighted by Gasteiger charge is 2.32. The zero-order chi connectivity index (χ0) is 18.3. The summed E-state index contributed by atoms with van der Waals surface area (Å²) in [5, 5.41) is 9.53. The van der Waals surface area contributed by atoms with Crippen LogP contribution in [0.2, 0.25) is 0 Å². The Morgan fingerprint density at radius 3 is 2.73 bits per heavy atom. The molecule has 1 fully saturated rings. The molecule has 0 aliphatic carbocycles. The Labute approximate surface area is 152 Å². The summed E-state index contributed by atoms with van der Waals surface area (Å²) in [5.41, 5.74) is 4.73. The van der Waals surface area contributed by atoms with Gasteiger partial charge in [-0.2, -0.15) is 0 Å². The van der Waals surface area contributed by atoms with E-state index in [1.54, 1.807) is 29.2 Å². The summed E-state index contributed by atoms with van der Waals surface area (Å²) in [7, 11) is 1.80. The number of nitrogens with zero attached hydrogens (tertiary/aromatic N) is 3. The number of hydrogen-bond acceptors (Lipinski definition) is 4. The molecule has 1 atom stereocenters. The van der Waals surface area contributed by atoms with Gasteiger partial charge in [0.25, 0.3) is 0 Å². The predicted octanol–water partition coefficient (Wildman–Crippen LogP) is 2.15. The van der Waals surface area contributed by atoms with Gasteiger partial charge in [-0.1, -0.05) is 6.07 Å². The molecule has 0 bridgehead atoms. The zero-order valence-corrected chi connectivity index (χ0v) is 14.7. The minimum absolute atomic E-state index is 0.0218. The van der Waals surface area contributed by atoms with Crippen molar-refractivity contribution >= 4 is 23.2 Å². The molecule has 1 aromatic heterocycles. The maximum absolute atomic E-state index is 12.2. The Bertz CT molecular complexity index is 880. The van der Waals surface area contributed by atoms with Gasteiger partial charge in [-0.25, -0.2) is 0 Å². The first-order chi connectivity index (χ1) is 12.6. The molecule has 1 N–H and O–H groups in total. The molecule has 2 aliphatic rings. The van der Waals surface area contributed by atoms with Crippen molar-refractivity contribution in [2.75, 3.05) is 23.5 Å². The number of carbonyl (C=O) groups excluding carboxylic acids is 2. The van der Waals surface area contributed by atoms with Crippen molar-refractivity contribution in [3.05, 3.63) is 42.2 Å². The highest BCUT2D eigenvalue weighted by atomic mass is 16.3. The van der Waals surface area contributed by atoms with Crippen molar-refractivity contribution in [1.29, 1.82) is 0 Å². The number of aliphatic hydroxyl groups is 1. The standard InChI is InChI=1S/C20H21N3O3/c1-22-18-5-2-13(8-14(18)3-6-19(22)25)15-9-17(11-21-10-15)23-16(12-24)4-7-20(23)26/h2,5,8-11,16,24H,3-4,6-7,12H2,1H3/t16-/m0/s1. The molecule has 6 heteroatoms. The van der Waals surface area contributed by atoms with E-state index in [0.29, 0.717) is 24.9 Å². The first-order valence-corrected chi connectivity index (χ1v) is 8.86. The van der Waals surface area contributed by atoms with Gasteiger partial charge in [0.1, 0.15) is 0 Å². The van der Waals surface area contributed by atoms with Gasteiger partial charge < -0.3 is 14.9 Å². The summed E-state index contributed by atoms with van der Waals surface area (Å²) in [5.74, 6) is 0.157. The lowest BCUT2D eigenvalue weighted by molar-refractivity contribution is -0.118. The number of amides is 2. The van der Waals surface area contributed by atoms with Crippen LogP contribution in [-0.4, -0.2) is 41.6 Å². The van der Waals surface area contributed by atoms with Crippen LogP contribution in [0.25, 0.3) is 11.1 Å². The summed E-state index contributed by atoms with van der Waals surface area (Å²) in [4.78, 5) is 31.7. The molecule has 2 amide bonds. The van der Waals surface area contributed by atoms with Crippen molar-refractivity contribution in [3.8, 4) is 11.1 Å². The van der Waals surface area contributed by atoms with E-state index in [-0.39, 0.29) is 24.5 Å². The van der Waals surface area contributed by atoms with Gasteiger partial charge >= 0.3 is 0 Å². The molecule has 6 nitrogen and oxygen atoms in total. The lowest BCUT2D eigenvalue weighted by Gasteiger charge is -2.26. The molecule has 0 radical (unpaired) electrons. The lowest BCUT2D eigenvalue weighted by Crippen LogP contribution is -2.35.